The van der Waals surface area contributed by atoms with E-state index in [0.717, 1.165) is 24.3 Å². The molecule has 7 nitrogen and oxygen atoms in total. The number of anilines is 1. The smallest absolute Gasteiger partial charge is 0.320 e. The second-order valence-electron chi connectivity index (χ2n) is 8.42. The van der Waals surface area contributed by atoms with Crippen molar-refractivity contribution in [3.63, 3.8) is 0 Å². The summed E-state index contributed by atoms with van der Waals surface area (Å²) in [6.07, 6.45) is 0.799. The molecule has 1 saturated heterocycles. The largest absolute Gasteiger partial charge is 0.334 e. The molecule has 1 atom stereocenters. The molecule has 0 saturated carbocycles. The van der Waals surface area contributed by atoms with Gasteiger partial charge in [-0.2, -0.15) is 0 Å². The summed E-state index contributed by atoms with van der Waals surface area (Å²) in [7, 11) is 0. The van der Waals surface area contributed by atoms with Crippen LogP contribution in [0.15, 0.2) is 65.5 Å². The molecule has 1 fully saturated rings. The molecule has 2 aromatic heterocycles. The molecular formula is C26H23FN4O3S. The number of hydrogen-bond acceptors (Lipinski definition) is 5. The summed E-state index contributed by atoms with van der Waals surface area (Å²) in [6, 6.07) is 16.1. The number of aryl methyl sites for hydroxylation is 1. The van der Waals surface area contributed by atoms with E-state index in [-0.39, 0.29) is 27.7 Å². The molecule has 1 aliphatic rings. The van der Waals surface area contributed by atoms with Crippen LogP contribution in [-0.2, 0) is 0 Å². The predicted octanol–water partition coefficient (Wildman–Crippen LogP) is 4.21. The van der Waals surface area contributed by atoms with E-state index in [1.165, 1.54) is 16.7 Å². The van der Waals surface area contributed by atoms with Gasteiger partial charge in [0.15, 0.2) is 5.78 Å². The number of aromatic nitrogens is 1. The number of para-hydroxylation sites is 1. The Kier molecular flexibility index (Phi) is 6.19. The lowest BCUT2D eigenvalue weighted by molar-refractivity contribution is 0.103. The van der Waals surface area contributed by atoms with Crippen LogP contribution in [-0.4, -0.2) is 35.5 Å². The van der Waals surface area contributed by atoms with E-state index in [1.54, 1.807) is 37.3 Å². The average molecular weight is 491 g/mol. The maximum atomic E-state index is 14.9. The van der Waals surface area contributed by atoms with Gasteiger partial charge < -0.3 is 10.6 Å². The second kappa shape index (κ2) is 9.44. The van der Waals surface area contributed by atoms with Gasteiger partial charge in [-0.25, -0.2) is 9.18 Å². The van der Waals surface area contributed by atoms with Crippen molar-refractivity contribution in [3.8, 4) is 5.69 Å². The highest BCUT2D eigenvalue weighted by atomic mass is 32.1. The van der Waals surface area contributed by atoms with E-state index in [9.17, 15) is 18.8 Å². The number of carbonyl (C=O) groups is 2. The van der Waals surface area contributed by atoms with Crippen molar-refractivity contribution in [2.24, 2.45) is 0 Å². The highest BCUT2D eigenvalue weighted by molar-refractivity contribution is 7.23. The minimum absolute atomic E-state index is 0.0275. The predicted molar refractivity (Wildman–Crippen MR) is 135 cm³/mol. The number of fused-ring (bicyclic) bond motifs is 1. The Hall–Kier alpha value is -3.82. The van der Waals surface area contributed by atoms with Crippen LogP contribution in [0.2, 0.25) is 0 Å². The van der Waals surface area contributed by atoms with Gasteiger partial charge in [-0.3, -0.25) is 19.5 Å². The Labute approximate surface area is 204 Å². The fourth-order valence-corrected chi connectivity index (χ4v) is 5.49. The number of ketones is 1. The first kappa shape index (κ1) is 22.9. The number of rotatable bonds is 5. The molecule has 0 bridgehead atoms. The van der Waals surface area contributed by atoms with Crippen molar-refractivity contribution in [1.29, 1.82) is 0 Å². The zero-order valence-corrected chi connectivity index (χ0v) is 19.7. The first-order chi connectivity index (χ1) is 16.9. The molecule has 178 valence electrons. The number of halogens is 1. The Morgan fingerprint density at radius 3 is 2.63 bits per heavy atom. The summed E-state index contributed by atoms with van der Waals surface area (Å²) < 4.78 is 16.4. The quantitative estimate of drug-likeness (QED) is 0.366. The summed E-state index contributed by atoms with van der Waals surface area (Å²) in [6.45, 7) is 3.06. The number of thiophene rings is 1. The van der Waals surface area contributed by atoms with Gasteiger partial charge in [-0.1, -0.05) is 41.7 Å². The first-order valence-corrected chi connectivity index (χ1v) is 12.1. The third-order valence-electron chi connectivity index (χ3n) is 6.04. The fraction of sp³-hybridized carbons (Fsp3) is 0.192. The number of nitrogens with zero attached hydrogens (tertiary/aromatic N) is 1. The number of benzene rings is 2. The lowest BCUT2D eigenvalue weighted by Crippen LogP contribution is -2.39. The van der Waals surface area contributed by atoms with Gasteiger partial charge in [0, 0.05) is 24.0 Å². The van der Waals surface area contributed by atoms with Crippen LogP contribution >= 0.6 is 11.3 Å². The normalized spacial score (nSPS) is 15.3. The number of amides is 2. The number of nitrogens with one attached hydrogen (secondary N) is 3. The summed E-state index contributed by atoms with van der Waals surface area (Å²) in [5.41, 5.74) is 0.749. The van der Waals surface area contributed by atoms with Gasteiger partial charge in [0.2, 0.25) is 0 Å². The maximum Gasteiger partial charge on any atom is 0.320 e. The van der Waals surface area contributed by atoms with E-state index in [2.05, 4.69) is 16.0 Å². The third-order valence-corrected chi connectivity index (χ3v) is 7.15. The minimum Gasteiger partial charge on any atom is -0.334 e. The molecule has 3 N–H and O–H groups in total. The standard InChI is InChI=1S/C26H23FN4O3S/c1-15-6-5-9-19(22(15)27)23(33)21-18-10-11-20(32)31(17-7-3-2-4-8-17)25(18)35-24(21)30-26(34)29-16-12-13-28-14-16/h2-11,16,28H,12-14H2,1H3,(H2,29,30,34)/t16-/m1/s1. The number of hydrogen-bond donors (Lipinski definition) is 3. The summed E-state index contributed by atoms with van der Waals surface area (Å²) in [5, 5.41) is 9.59. The summed E-state index contributed by atoms with van der Waals surface area (Å²) in [4.78, 5) is 39.8. The monoisotopic (exact) mass is 490 g/mol. The molecule has 1 aliphatic heterocycles. The van der Waals surface area contributed by atoms with Crippen molar-refractivity contribution in [3.05, 3.63) is 93.5 Å². The van der Waals surface area contributed by atoms with Crippen LogP contribution in [0.25, 0.3) is 15.9 Å². The zero-order valence-electron chi connectivity index (χ0n) is 18.9. The topological polar surface area (TPSA) is 92.2 Å². The molecule has 0 spiro atoms. The molecular weight excluding hydrogens is 467 g/mol. The van der Waals surface area contributed by atoms with Crippen LogP contribution in [0, 0.1) is 12.7 Å². The maximum absolute atomic E-state index is 14.9. The molecule has 3 heterocycles. The highest BCUT2D eigenvalue weighted by Gasteiger charge is 2.27. The molecule has 2 aromatic carbocycles. The number of carbonyl (C=O) groups excluding carboxylic acids is 2. The summed E-state index contributed by atoms with van der Waals surface area (Å²) >= 11 is 1.11. The number of pyridine rings is 1. The van der Waals surface area contributed by atoms with Crippen LogP contribution in [0.4, 0.5) is 14.2 Å². The minimum atomic E-state index is -0.610. The Bertz CT molecular complexity index is 1490. The third kappa shape index (κ3) is 4.36. The molecule has 0 aliphatic carbocycles. The molecule has 4 aromatic rings. The van der Waals surface area contributed by atoms with Gasteiger partial charge in [0.25, 0.3) is 5.56 Å². The Balaban J connectivity index is 1.67. The molecule has 0 radical (unpaired) electrons. The van der Waals surface area contributed by atoms with Gasteiger partial charge in [-0.15, -0.1) is 0 Å². The average Bonchev–Trinajstić information content (AvgIpc) is 3.48. The van der Waals surface area contributed by atoms with E-state index in [0.29, 0.717) is 28.0 Å². The van der Waals surface area contributed by atoms with Crippen molar-refractivity contribution in [1.82, 2.24) is 15.2 Å². The second-order valence-corrected chi connectivity index (χ2v) is 9.42. The highest BCUT2D eigenvalue weighted by Crippen LogP contribution is 2.38. The number of urea groups is 1. The van der Waals surface area contributed by atoms with Crippen molar-refractivity contribution in [2.75, 3.05) is 18.4 Å². The van der Waals surface area contributed by atoms with Crippen molar-refractivity contribution in [2.45, 2.75) is 19.4 Å². The van der Waals surface area contributed by atoms with Gasteiger partial charge in [-0.05, 0) is 49.7 Å². The van der Waals surface area contributed by atoms with Gasteiger partial charge in [0.05, 0.1) is 16.8 Å². The molecule has 35 heavy (non-hydrogen) atoms. The lowest BCUT2D eigenvalue weighted by Gasteiger charge is -2.13. The Morgan fingerprint density at radius 1 is 1.09 bits per heavy atom. The Morgan fingerprint density at radius 2 is 1.89 bits per heavy atom. The molecule has 0 unspecified atom stereocenters. The van der Waals surface area contributed by atoms with Crippen LogP contribution in [0.5, 0.6) is 0 Å². The van der Waals surface area contributed by atoms with Crippen LogP contribution < -0.4 is 21.5 Å². The van der Waals surface area contributed by atoms with Crippen LogP contribution in [0.3, 0.4) is 0 Å². The van der Waals surface area contributed by atoms with Crippen molar-refractivity contribution >= 4 is 38.4 Å². The fourth-order valence-electron chi connectivity index (χ4n) is 4.28. The van der Waals surface area contributed by atoms with E-state index < -0.39 is 17.6 Å². The summed E-state index contributed by atoms with van der Waals surface area (Å²) in [5.74, 6) is -1.17. The zero-order chi connectivity index (χ0) is 24.5. The molecule has 5 rings (SSSR count). The van der Waals surface area contributed by atoms with Gasteiger partial charge >= 0.3 is 6.03 Å². The van der Waals surface area contributed by atoms with E-state index in [4.69, 9.17) is 0 Å². The van der Waals surface area contributed by atoms with E-state index in [1.807, 2.05) is 18.2 Å². The lowest BCUT2D eigenvalue weighted by atomic mass is 10.00. The van der Waals surface area contributed by atoms with Crippen LogP contribution in [0.1, 0.15) is 27.9 Å². The first-order valence-electron chi connectivity index (χ1n) is 11.3. The molecule has 2 amide bonds. The van der Waals surface area contributed by atoms with Crippen molar-refractivity contribution < 1.29 is 14.0 Å². The van der Waals surface area contributed by atoms with Gasteiger partial charge in [0.1, 0.15) is 15.6 Å². The molecule has 9 heteroatoms. The van der Waals surface area contributed by atoms with E-state index >= 15 is 0 Å². The SMILES string of the molecule is Cc1cccc(C(=O)c2c(NC(=O)N[C@@H]3CCNC3)sc3c2ccc(=O)n3-c2ccccc2)c1F.